The topological polar surface area (TPSA) is 134 Å². The van der Waals surface area contributed by atoms with Gasteiger partial charge in [0.05, 0.1) is 16.8 Å². The number of imide groups is 2. The predicted molar refractivity (Wildman–Crippen MR) is 102 cm³/mol. The number of nitrogens with one attached hydrogen (secondary N) is 2. The van der Waals surface area contributed by atoms with Gasteiger partial charge in [-0.2, -0.15) is 0 Å². The van der Waals surface area contributed by atoms with Crippen molar-refractivity contribution in [2.75, 3.05) is 5.73 Å². The molecule has 1 saturated heterocycles. The second-order valence-electron chi connectivity index (χ2n) is 7.01. The lowest BCUT2D eigenvalue weighted by molar-refractivity contribution is -0.136. The summed E-state index contributed by atoms with van der Waals surface area (Å²) in [5.74, 6) is -2.04. The summed E-state index contributed by atoms with van der Waals surface area (Å²) in [6.45, 7) is 0.959. The first-order valence-electron chi connectivity index (χ1n) is 9.19. The number of aromatic nitrogens is 1. The molecule has 2 aliphatic rings. The molecule has 2 aliphatic heterocycles. The predicted octanol–water partition coefficient (Wildman–Crippen LogP) is 0.355. The van der Waals surface area contributed by atoms with Crippen LogP contribution < -0.4 is 16.4 Å². The molecule has 1 aromatic carbocycles. The van der Waals surface area contributed by atoms with Crippen molar-refractivity contribution in [1.29, 1.82) is 0 Å². The smallest absolute Gasteiger partial charge is 0.262 e. The molecule has 0 spiro atoms. The minimum atomic E-state index is -0.962. The van der Waals surface area contributed by atoms with Crippen molar-refractivity contribution in [3.63, 3.8) is 0 Å². The van der Waals surface area contributed by atoms with Crippen molar-refractivity contribution in [3.8, 4) is 0 Å². The number of hydrogen-bond acceptors (Lipinski definition) is 7. The molecule has 9 heteroatoms. The number of carbonyl (C=O) groups is 4. The molecule has 0 radical (unpaired) electrons. The highest BCUT2D eigenvalue weighted by Gasteiger charge is 2.44. The van der Waals surface area contributed by atoms with Crippen LogP contribution in [0, 0.1) is 0 Å². The van der Waals surface area contributed by atoms with Crippen molar-refractivity contribution in [1.82, 2.24) is 20.5 Å². The van der Waals surface area contributed by atoms with Crippen LogP contribution in [0.4, 0.5) is 5.69 Å². The molecule has 0 aliphatic carbocycles. The maximum absolute atomic E-state index is 12.8. The first kappa shape index (κ1) is 18.8. The third-order valence-electron chi connectivity index (χ3n) is 4.98. The number of pyridine rings is 1. The molecule has 2 aromatic rings. The summed E-state index contributed by atoms with van der Waals surface area (Å²) in [6, 6.07) is 7.53. The summed E-state index contributed by atoms with van der Waals surface area (Å²) in [7, 11) is 0. The van der Waals surface area contributed by atoms with Gasteiger partial charge >= 0.3 is 0 Å². The van der Waals surface area contributed by atoms with Gasteiger partial charge in [-0.05, 0) is 36.2 Å². The van der Waals surface area contributed by atoms with Crippen LogP contribution in [0.15, 0.2) is 36.5 Å². The van der Waals surface area contributed by atoms with Gasteiger partial charge in [-0.3, -0.25) is 34.4 Å². The number of carbonyl (C=O) groups excluding carboxylic acids is 4. The van der Waals surface area contributed by atoms with Crippen LogP contribution >= 0.6 is 0 Å². The summed E-state index contributed by atoms with van der Waals surface area (Å²) in [4.78, 5) is 54.1. The third kappa shape index (κ3) is 3.59. The highest BCUT2D eigenvalue weighted by Crippen LogP contribution is 2.28. The normalized spacial score (nSPS) is 18.8. The van der Waals surface area contributed by atoms with Crippen molar-refractivity contribution >= 4 is 29.3 Å². The Labute approximate surface area is 166 Å². The zero-order valence-corrected chi connectivity index (χ0v) is 15.5. The van der Waals surface area contributed by atoms with Crippen LogP contribution in [0.3, 0.4) is 0 Å². The van der Waals surface area contributed by atoms with E-state index in [4.69, 9.17) is 5.73 Å². The number of hydrogen-bond donors (Lipinski definition) is 3. The molecular weight excluding hydrogens is 374 g/mol. The Morgan fingerprint density at radius 2 is 1.86 bits per heavy atom. The fraction of sp³-hybridized carbons (Fsp3) is 0.250. The first-order valence-corrected chi connectivity index (χ1v) is 9.19. The van der Waals surface area contributed by atoms with Crippen LogP contribution in [0.25, 0.3) is 0 Å². The monoisotopic (exact) mass is 393 g/mol. The number of amides is 4. The van der Waals surface area contributed by atoms with E-state index >= 15 is 0 Å². The summed E-state index contributed by atoms with van der Waals surface area (Å²) in [5, 5.41) is 5.40. The van der Waals surface area contributed by atoms with E-state index in [2.05, 4.69) is 15.6 Å². The Hall–Kier alpha value is -3.59. The molecule has 9 nitrogen and oxygen atoms in total. The second-order valence-corrected chi connectivity index (χ2v) is 7.01. The van der Waals surface area contributed by atoms with E-state index in [0.29, 0.717) is 18.8 Å². The molecule has 1 unspecified atom stereocenters. The van der Waals surface area contributed by atoms with E-state index in [9.17, 15) is 19.2 Å². The van der Waals surface area contributed by atoms with Gasteiger partial charge in [0.15, 0.2) is 0 Å². The molecule has 1 aromatic heterocycles. The van der Waals surface area contributed by atoms with Gasteiger partial charge in [-0.1, -0.05) is 6.07 Å². The minimum Gasteiger partial charge on any atom is -0.399 e. The second kappa shape index (κ2) is 7.44. The lowest BCUT2D eigenvalue weighted by Crippen LogP contribution is -2.54. The highest BCUT2D eigenvalue weighted by atomic mass is 16.2. The average Bonchev–Trinajstić information content (AvgIpc) is 2.93. The highest BCUT2D eigenvalue weighted by molar-refractivity contribution is 6.23. The van der Waals surface area contributed by atoms with E-state index in [1.165, 1.54) is 0 Å². The number of piperidine rings is 1. The van der Waals surface area contributed by atoms with Gasteiger partial charge in [-0.15, -0.1) is 0 Å². The maximum atomic E-state index is 12.8. The third-order valence-corrected chi connectivity index (χ3v) is 4.98. The van der Waals surface area contributed by atoms with Gasteiger partial charge in [0.1, 0.15) is 6.04 Å². The van der Waals surface area contributed by atoms with E-state index in [1.807, 2.05) is 0 Å². The molecule has 3 heterocycles. The Morgan fingerprint density at radius 3 is 2.62 bits per heavy atom. The molecule has 4 rings (SSSR count). The van der Waals surface area contributed by atoms with Crippen LogP contribution in [0.1, 0.15) is 44.8 Å². The summed E-state index contributed by atoms with van der Waals surface area (Å²) in [6.07, 6.45) is 1.87. The molecule has 4 N–H and O–H groups in total. The van der Waals surface area contributed by atoms with Crippen LogP contribution in [-0.4, -0.2) is 39.6 Å². The minimum absolute atomic E-state index is 0.0943. The number of benzene rings is 1. The number of nitrogens with two attached hydrogens (primary N) is 1. The number of rotatable bonds is 5. The van der Waals surface area contributed by atoms with E-state index < -0.39 is 29.7 Å². The molecular formula is C20H19N5O4. The molecule has 148 valence electrons. The average molecular weight is 393 g/mol. The van der Waals surface area contributed by atoms with Gasteiger partial charge in [0.25, 0.3) is 11.8 Å². The van der Waals surface area contributed by atoms with Gasteiger partial charge in [0, 0.05) is 31.4 Å². The van der Waals surface area contributed by atoms with Gasteiger partial charge in [-0.25, -0.2) is 0 Å². The largest absolute Gasteiger partial charge is 0.399 e. The Balaban J connectivity index is 1.47. The fourth-order valence-electron chi connectivity index (χ4n) is 3.56. The SMILES string of the molecule is Nc1ccnc(CNCc2ccc3c(c2)C(=O)N(C2CCC(=O)NC2=O)C3=O)c1. The summed E-state index contributed by atoms with van der Waals surface area (Å²) in [5.41, 5.74) is 8.51. The first-order chi connectivity index (χ1) is 13.9. The summed E-state index contributed by atoms with van der Waals surface area (Å²) >= 11 is 0. The molecule has 1 atom stereocenters. The lowest BCUT2D eigenvalue weighted by atomic mass is 10.0. The van der Waals surface area contributed by atoms with Crippen molar-refractivity contribution < 1.29 is 19.2 Å². The van der Waals surface area contributed by atoms with E-state index in [1.54, 1.807) is 36.5 Å². The van der Waals surface area contributed by atoms with Gasteiger partial charge < -0.3 is 11.1 Å². The molecule has 1 fully saturated rings. The number of anilines is 1. The molecule has 29 heavy (non-hydrogen) atoms. The zero-order valence-electron chi connectivity index (χ0n) is 15.5. The van der Waals surface area contributed by atoms with Crippen LogP contribution in [0.5, 0.6) is 0 Å². The van der Waals surface area contributed by atoms with Crippen molar-refractivity contribution in [2.45, 2.75) is 32.0 Å². The van der Waals surface area contributed by atoms with E-state index in [-0.39, 0.29) is 24.0 Å². The number of nitrogen functional groups attached to an aromatic ring is 1. The molecule has 4 amide bonds. The quantitative estimate of drug-likeness (QED) is 0.624. The van der Waals surface area contributed by atoms with Crippen molar-refractivity contribution in [2.24, 2.45) is 0 Å². The zero-order chi connectivity index (χ0) is 20.5. The van der Waals surface area contributed by atoms with Crippen molar-refractivity contribution in [3.05, 3.63) is 58.9 Å². The lowest BCUT2D eigenvalue weighted by Gasteiger charge is -2.27. The maximum Gasteiger partial charge on any atom is 0.262 e. The summed E-state index contributed by atoms with van der Waals surface area (Å²) < 4.78 is 0. The fourth-order valence-corrected chi connectivity index (χ4v) is 3.56. The number of fused-ring (bicyclic) bond motifs is 1. The Morgan fingerprint density at radius 1 is 1.07 bits per heavy atom. The Kier molecular flexibility index (Phi) is 4.81. The number of nitrogens with zero attached hydrogens (tertiary/aromatic N) is 2. The molecule has 0 bridgehead atoms. The molecule has 0 saturated carbocycles. The van der Waals surface area contributed by atoms with Crippen LogP contribution in [-0.2, 0) is 22.7 Å². The van der Waals surface area contributed by atoms with Crippen LogP contribution in [0.2, 0.25) is 0 Å². The van der Waals surface area contributed by atoms with Gasteiger partial charge in [0.2, 0.25) is 11.8 Å². The standard InChI is InChI=1S/C20H19N5O4/c21-12-5-6-23-13(8-12)10-22-9-11-1-2-14-15(7-11)20(29)25(19(14)28)16-3-4-17(26)24-18(16)27/h1-2,5-8,16,22H,3-4,9-10H2,(H2,21,23)(H,24,26,27). The Bertz CT molecular complexity index is 1040. The van der Waals surface area contributed by atoms with E-state index in [0.717, 1.165) is 16.2 Å².